The number of carbonyl (C=O) groups is 2. The van der Waals surface area contributed by atoms with E-state index in [9.17, 15) is 9.59 Å². The zero-order valence-corrected chi connectivity index (χ0v) is 16.4. The zero-order chi connectivity index (χ0) is 20.5. The maximum absolute atomic E-state index is 12.2. The van der Waals surface area contributed by atoms with Gasteiger partial charge >= 0.3 is 0 Å². The average Bonchev–Trinajstić information content (AvgIpc) is 2.74. The van der Waals surface area contributed by atoms with Crippen molar-refractivity contribution < 1.29 is 14.3 Å². The van der Waals surface area contributed by atoms with E-state index >= 15 is 0 Å². The Morgan fingerprint density at radius 3 is 2.28 bits per heavy atom. The van der Waals surface area contributed by atoms with E-state index < -0.39 is 0 Å². The first-order valence-electron chi connectivity index (χ1n) is 9.52. The highest BCUT2D eigenvalue weighted by Crippen LogP contribution is 2.17. The highest BCUT2D eigenvalue weighted by atomic mass is 16.5. The van der Waals surface area contributed by atoms with Gasteiger partial charge in [-0.15, -0.1) is 0 Å². The highest BCUT2D eigenvalue weighted by Gasteiger charge is 2.09. The summed E-state index contributed by atoms with van der Waals surface area (Å²) in [6.07, 6.45) is 0.198. The van der Waals surface area contributed by atoms with E-state index in [1.165, 1.54) is 0 Å². The molecule has 0 heterocycles. The fourth-order valence-corrected chi connectivity index (χ4v) is 2.81. The van der Waals surface area contributed by atoms with Crippen molar-refractivity contribution in [2.24, 2.45) is 0 Å². The van der Waals surface area contributed by atoms with Gasteiger partial charge in [0.1, 0.15) is 12.4 Å². The van der Waals surface area contributed by atoms with Crippen LogP contribution in [0.15, 0.2) is 78.9 Å². The SMILES string of the molecule is Cc1ccccc1C(=O)NCCC(=O)Nc1ccc(OCc2ccccc2)cc1. The molecule has 0 bridgehead atoms. The normalized spacial score (nSPS) is 10.2. The average molecular weight is 388 g/mol. The molecule has 0 spiro atoms. The Morgan fingerprint density at radius 2 is 1.55 bits per heavy atom. The minimum absolute atomic E-state index is 0.159. The summed E-state index contributed by atoms with van der Waals surface area (Å²) < 4.78 is 5.73. The zero-order valence-electron chi connectivity index (χ0n) is 16.4. The molecular formula is C24H24N2O3. The van der Waals surface area contributed by atoms with Gasteiger partial charge in [0, 0.05) is 24.2 Å². The molecule has 5 heteroatoms. The summed E-state index contributed by atoms with van der Waals surface area (Å²) in [5.41, 5.74) is 3.31. The maximum Gasteiger partial charge on any atom is 0.251 e. The van der Waals surface area contributed by atoms with E-state index in [1.807, 2.05) is 67.6 Å². The van der Waals surface area contributed by atoms with Crippen molar-refractivity contribution in [1.82, 2.24) is 5.32 Å². The van der Waals surface area contributed by atoms with Gasteiger partial charge in [-0.2, -0.15) is 0 Å². The van der Waals surface area contributed by atoms with Gasteiger partial charge in [-0.1, -0.05) is 48.5 Å². The molecule has 0 atom stereocenters. The Labute approximate surface area is 170 Å². The molecule has 2 N–H and O–H groups in total. The summed E-state index contributed by atoms with van der Waals surface area (Å²) in [5.74, 6) is 0.404. The Hall–Kier alpha value is -3.60. The minimum Gasteiger partial charge on any atom is -0.489 e. The van der Waals surface area contributed by atoms with Gasteiger partial charge in [0.2, 0.25) is 5.91 Å². The number of hydrogen-bond donors (Lipinski definition) is 2. The lowest BCUT2D eigenvalue weighted by molar-refractivity contribution is -0.116. The molecule has 0 unspecified atom stereocenters. The van der Waals surface area contributed by atoms with Gasteiger partial charge in [-0.05, 0) is 48.4 Å². The molecular weight excluding hydrogens is 364 g/mol. The molecule has 0 radical (unpaired) electrons. The van der Waals surface area contributed by atoms with Gasteiger partial charge in [0.25, 0.3) is 5.91 Å². The molecule has 0 saturated heterocycles. The van der Waals surface area contributed by atoms with Gasteiger partial charge in [-0.25, -0.2) is 0 Å². The standard InChI is InChI=1S/C24H24N2O3/c1-18-7-5-6-10-22(18)24(28)25-16-15-23(27)26-20-11-13-21(14-12-20)29-17-19-8-3-2-4-9-19/h2-14H,15-17H2,1H3,(H,25,28)(H,26,27). The third-order valence-corrected chi connectivity index (χ3v) is 4.41. The summed E-state index contributed by atoms with van der Waals surface area (Å²) in [6.45, 7) is 2.65. The summed E-state index contributed by atoms with van der Waals surface area (Å²) >= 11 is 0. The van der Waals surface area contributed by atoms with Crippen LogP contribution in [0.1, 0.15) is 27.9 Å². The number of ether oxygens (including phenoxy) is 1. The van der Waals surface area contributed by atoms with Crippen LogP contribution in [0.3, 0.4) is 0 Å². The van der Waals surface area contributed by atoms with Crippen LogP contribution in [-0.4, -0.2) is 18.4 Å². The smallest absolute Gasteiger partial charge is 0.251 e. The first-order chi connectivity index (χ1) is 14.1. The molecule has 3 rings (SSSR count). The lowest BCUT2D eigenvalue weighted by Crippen LogP contribution is -2.28. The van der Waals surface area contributed by atoms with Crippen LogP contribution in [0.2, 0.25) is 0 Å². The highest BCUT2D eigenvalue weighted by molar-refractivity contribution is 5.96. The largest absolute Gasteiger partial charge is 0.489 e. The molecule has 3 aromatic rings. The maximum atomic E-state index is 12.2. The van der Waals surface area contributed by atoms with E-state index in [2.05, 4.69) is 10.6 Å². The van der Waals surface area contributed by atoms with Crippen molar-refractivity contribution in [2.45, 2.75) is 20.0 Å². The van der Waals surface area contributed by atoms with Crippen LogP contribution < -0.4 is 15.4 Å². The Morgan fingerprint density at radius 1 is 0.862 bits per heavy atom. The second-order valence-corrected chi connectivity index (χ2v) is 6.67. The predicted octanol–water partition coefficient (Wildman–Crippen LogP) is 4.33. The molecule has 3 aromatic carbocycles. The van der Waals surface area contributed by atoms with Crippen LogP contribution in [0, 0.1) is 6.92 Å². The number of nitrogens with one attached hydrogen (secondary N) is 2. The number of benzene rings is 3. The fraction of sp³-hybridized carbons (Fsp3) is 0.167. The molecule has 0 aliphatic heterocycles. The summed E-state index contributed by atoms with van der Waals surface area (Å²) in [7, 11) is 0. The van der Waals surface area contributed by atoms with Crippen LogP contribution in [0.4, 0.5) is 5.69 Å². The number of amides is 2. The van der Waals surface area contributed by atoms with Gasteiger partial charge in [-0.3, -0.25) is 9.59 Å². The van der Waals surface area contributed by atoms with Crippen LogP contribution in [0.5, 0.6) is 5.75 Å². The first kappa shape index (κ1) is 20.1. The van der Waals surface area contributed by atoms with E-state index in [-0.39, 0.29) is 24.8 Å². The van der Waals surface area contributed by atoms with Gasteiger partial charge in [0.05, 0.1) is 0 Å². The van der Waals surface area contributed by atoms with Gasteiger partial charge in [0.15, 0.2) is 0 Å². The van der Waals surface area contributed by atoms with Crippen LogP contribution in [-0.2, 0) is 11.4 Å². The first-order valence-corrected chi connectivity index (χ1v) is 9.52. The molecule has 5 nitrogen and oxygen atoms in total. The molecule has 0 aliphatic carbocycles. The van der Waals surface area contributed by atoms with Crippen molar-refractivity contribution in [2.75, 3.05) is 11.9 Å². The topological polar surface area (TPSA) is 67.4 Å². The number of aryl methyl sites for hydroxylation is 1. The lowest BCUT2D eigenvalue weighted by Gasteiger charge is -2.09. The second-order valence-electron chi connectivity index (χ2n) is 6.67. The number of carbonyl (C=O) groups excluding carboxylic acids is 2. The molecule has 2 amide bonds. The third kappa shape index (κ3) is 6.21. The quantitative estimate of drug-likeness (QED) is 0.603. The van der Waals surface area contributed by atoms with Crippen molar-refractivity contribution in [3.8, 4) is 5.75 Å². The molecule has 0 saturated carbocycles. The predicted molar refractivity (Wildman–Crippen MR) is 114 cm³/mol. The third-order valence-electron chi connectivity index (χ3n) is 4.41. The van der Waals surface area contributed by atoms with Crippen molar-refractivity contribution in [1.29, 1.82) is 0 Å². The fourth-order valence-electron chi connectivity index (χ4n) is 2.81. The van der Waals surface area contributed by atoms with Crippen LogP contribution in [0.25, 0.3) is 0 Å². The number of hydrogen-bond acceptors (Lipinski definition) is 3. The van der Waals surface area contributed by atoms with E-state index in [4.69, 9.17) is 4.74 Å². The van der Waals surface area contributed by atoms with Crippen molar-refractivity contribution in [3.05, 3.63) is 95.6 Å². The second kappa shape index (κ2) is 10.1. The van der Waals surface area contributed by atoms with Crippen molar-refractivity contribution in [3.63, 3.8) is 0 Å². The van der Waals surface area contributed by atoms with Crippen molar-refractivity contribution >= 4 is 17.5 Å². The Balaban J connectivity index is 1.41. The summed E-state index contributed by atoms with van der Waals surface area (Å²) in [5, 5.41) is 5.60. The van der Waals surface area contributed by atoms with E-state index in [0.29, 0.717) is 17.9 Å². The summed E-state index contributed by atoms with van der Waals surface area (Å²) in [4.78, 5) is 24.2. The summed E-state index contributed by atoms with van der Waals surface area (Å²) in [6, 6.07) is 24.5. The van der Waals surface area contributed by atoms with Gasteiger partial charge < -0.3 is 15.4 Å². The number of rotatable bonds is 8. The Bertz CT molecular complexity index is 953. The minimum atomic E-state index is -0.171. The van der Waals surface area contributed by atoms with E-state index in [0.717, 1.165) is 16.9 Å². The molecule has 0 aromatic heterocycles. The van der Waals surface area contributed by atoms with E-state index in [1.54, 1.807) is 18.2 Å². The molecule has 0 fully saturated rings. The van der Waals surface area contributed by atoms with Crippen LogP contribution >= 0.6 is 0 Å². The number of anilines is 1. The molecule has 148 valence electrons. The molecule has 0 aliphatic rings. The lowest BCUT2D eigenvalue weighted by atomic mass is 10.1. The monoisotopic (exact) mass is 388 g/mol. The molecule has 29 heavy (non-hydrogen) atoms. The Kier molecular flexibility index (Phi) is 7.00.